The number of rotatable bonds is 3. The predicted octanol–water partition coefficient (Wildman–Crippen LogP) is 5.45. The molecule has 0 saturated heterocycles. The van der Waals surface area contributed by atoms with Gasteiger partial charge in [-0.1, -0.05) is 72.3 Å². The number of pyridine rings is 1. The van der Waals surface area contributed by atoms with Crippen LogP contribution in [0.2, 0.25) is 0 Å². The molecule has 3 aromatic rings. The lowest BCUT2D eigenvalue weighted by molar-refractivity contribution is 0.996. The monoisotopic (exact) mass is 297 g/mol. The van der Waals surface area contributed by atoms with E-state index in [4.69, 9.17) is 0 Å². The fourth-order valence-corrected chi connectivity index (χ4v) is 3.42. The maximum Gasteiger partial charge on any atom is 0.0743 e. The van der Waals surface area contributed by atoms with Gasteiger partial charge in [-0.15, -0.1) is 0 Å². The van der Waals surface area contributed by atoms with Crippen molar-refractivity contribution in [2.75, 3.05) is 0 Å². The van der Waals surface area contributed by atoms with E-state index in [0.717, 1.165) is 11.9 Å². The largest absolute Gasteiger partial charge is 0.256 e. The average molecular weight is 297 g/mol. The normalized spacial score (nSPS) is 17.2. The van der Waals surface area contributed by atoms with Crippen LogP contribution in [-0.2, 0) is 6.42 Å². The fraction of sp³-hybridized carbons (Fsp3) is 0.136. The molecule has 0 fully saturated rings. The predicted molar refractivity (Wildman–Crippen MR) is 96.5 cm³/mol. The Morgan fingerprint density at radius 3 is 2.61 bits per heavy atom. The molecule has 0 amide bonds. The van der Waals surface area contributed by atoms with Crippen LogP contribution in [0.3, 0.4) is 0 Å². The summed E-state index contributed by atoms with van der Waals surface area (Å²) in [5, 5.41) is 1.21. The molecule has 2 aromatic carbocycles. The third-order valence-corrected chi connectivity index (χ3v) is 4.70. The van der Waals surface area contributed by atoms with Crippen LogP contribution >= 0.6 is 0 Å². The molecule has 1 heteroatoms. The van der Waals surface area contributed by atoms with Crippen molar-refractivity contribution in [2.24, 2.45) is 0 Å². The summed E-state index contributed by atoms with van der Waals surface area (Å²) in [5.41, 5.74) is 6.65. The molecule has 0 aliphatic heterocycles. The number of benzene rings is 2. The Hall–Kier alpha value is -2.67. The van der Waals surface area contributed by atoms with E-state index >= 15 is 0 Å². The molecule has 0 saturated carbocycles. The van der Waals surface area contributed by atoms with Gasteiger partial charge in [0.15, 0.2) is 0 Å². The molecule has 0 bridgehead atoms. The van der Waals surface area contributed by atoms with Crippen LogP contribution in [0.1, 0.15) is 24.0 Å². The molecule has 1 aliphatic rings. The number of nitrogens with zero attached hydrogens (tertiary/aromatic N) is 1. The Bertz CT molecular complexity index is 898. The molecule has 4 rings (SSSR count). The van der Waals surface area contributed by atoms with Crippen molar-refractivity contribution < 1.29 is 0 Å². The highest BCUT2D eigenvalue weighted by Gasteiger charge is 2.20. The van der Waals surface area contributed by atoms with Gasteiger partial charge in [0.2, 0.25) is 0 Å². The minimum absolute atomic E-state index is 0.340. The highest BCUT2D eigenvalue weighted by atomic mass is 14.7. The lowest BCUT2D eigenvalue weighted by Gasteiger charge is -2.14. The van der Waals surface area contributed by atoms with Crippen molar-refractivity contribution in [1.82, 2.24) is 4.98 Å². The summed E-state index contributed by atoms with van der Waals surface area (Å²) in [7, 11) is 0. The second kappa shape index (κ2) is 5.85. The number of para-hydroxylation sites is 1. The molecule has 1 unspecified atom stereocenters. The fourth-order valence-electron chi connectivity index (χ4n) is 3.42. The molecule has 1 atom stereocenters. The summed E-state index contributed by atoms with van der Waals surface area (Å²) in [6.45, 7) is 2.25. The standard InChI is InChI=1S/C22H19N/c1-16-19(15-17-7-3-2-4-8-17)12-13-20(16)21-11-5-9-18-10-6-14-23-22(18)21/h2-14,20H,15H2,1H3. The molecule has 1 aliphatic carbocycles. The second-order valence-electron chi connectivity index (χ2n) is 6.13. The number of aromatic nitrogens is 1. The number of allylic oxidation sites excluding steroid dienone is 4. The average Bonchev–Trinajstić information content (AvgIpc) is 2.96. The van der Waals surface area contributed by atoms with Gasteiger partial charge in [-0.3, -0.25) is 4.98 Å². The van der Waals surface area contributed by atoms with E-state index in [1.807, 2.05) is 12.3 Å². The molecular formula is C22H19N. The third-order valence-electron chi connectivity index (χ3n) is 4.70. The van der Waals surface area contributed by atoms with Gasteiger partial charge in [0, 0.05) is 17.5 Å². The van der Waals surface area contributed by atoms with Crippen LogP contribution in [0, 0.1) is 0 Å². The SMILES string of the molecule is CC1=C(Cc2ccccc2)C=CC1c1cccc2cccnc12. The zero-order valence-corrected chi connectivity index (χ0v) is 13.2. The Labute approximate surface area is 137 Å². The number of hydrogen-bond acceptors (Lipinski definition) is 1. The van der Waals surface area contributed by atoms with E-state index in [1.54, 1.807) is 0 Å². The van der Waals surface area contributed by atoms with Crippen LogP contribution in [0.25, 0.3) is 10.9 Å². The molecule has 23 heavy (non-hydrogen) atoms. The van der Waals surface area contributed by atoms with Crippen molar-refractivity contribution in [1.29, 1.82) is 0 Å². The van der Waals surface area contributed by atoms with Gasteiger partial charge in [0.05, 0.1) is 5.52 Å². The smallest absolute Gasteiger partial charge is 0.0743 e. The summed E-state index contributed by atoms with van der Waals surface area (Å²) in [6, 6.07) is 21.3. The van der Waals surface area contributed by atoms with Crippen LogP contribution in [0.4, 0.5) is 0 Å². The van der Waals surface area contributed by atoms with Gasteiger partial charge < -0.3 is 0 Å². The highest BCUT2D eigenvalue weighted by Crippen LogP contribution is 2.37. The first-order chi connectivity index (χ1) is 11.3. The maximum absolute atomic E-state index is 4.61. The molecular weight excluding hydrogens is 278 g/mol. The summed E-state index contributed by atoms with van der Waals surface area (Å²) in [6.07, 6.45) is 7.48. The van der Waals surface area contributed by atoms with Gasteiger partial charge in [-0.2, -0.15) is 0 Å². The van der Waals surface area contributed by atoms with Gasteiger partial charge in [0.25, 0.3) is 0 Å². The minimum Gasteiger partial charge on any atom is -0.256 e. The van der Waals surface area contributed by atoms with Crippen LogP contribution in [0.15, 0.2) is 90.2 Å². The molecule has 1 aromatic heterocycles. The quantitative estimate of drug-likeness (QED) is 0.626. The lowest BCUT2D eigenvalue weighted by atomic mass is 9.91. The van der Waals surface area contributed by atoms with Crippen molar-refractivity contribution in [2.45, 2.75) is 19.3 Å². The van der Waals surface area contributed by atoms with E-state index in [-0.39, 0.29) is 0 Å². The zero-order valence-electron chi connectivity index (χ0n) is 13.2. The zero-order chi connectivity index (χ0) is 15.6. The van der Waals surface area contributed by atoms with Gasteiger partial charge in [-0.25, -0.2) is 0 Å². The highest BCUT2D eigenvalue weighted by molar-refractivity contribution is 5.83. The summed E-state index contributed by atoms with van der Waals surface area (Å²) >= 11 is 0. The van der Waals surface area contributed by atoms with E-state index in [0.29, 0.717) is 5.92 Å². The number of hydrogen-bond donors (Lipinski definition) is 0. The van der Waals surface area contributed by atoms with Crippen molar-refractivity contribution in [3.63, 3.8) is 0 Å². The van der Waals surface area contributed by atoms with Crippen LogP contribution in [-0.4, -0.2) is 4.98 Å². The van der Waals surface area contributed by atoms with E-state index in [2.05, 4.69) is 78.7 Å². The first-order valence-electron chi connectivity index (χ1n) is 8.08. The maximum atomic E-state index is 4.61. The second-order valence-corrected chi connectivity index (χ2v) is 6.13. The first kappa shape index (κ1) is 14.0. The molecule has 1 nitrogen and oxygen atoms in total. The van der Waals surface area contributed by atoms with Crippen LogP contribution < -0.4 is 0 Å². The molecule has 0 spiro atoms. The third kappa shape index (κ3) is 2.59. The van der Waals surface area contributed by atoms with E-state index < -0.39 is 0 Å². The van der Waals surface area contributed by atoms with E-state index in [1.165, 1.54) is 27.7 Å². The Kier molecular flexibility index (Phi) is 3.55. The summed E-state index contributed by atoms with van der Waals surface area (Å²) in [4.78, 5) is 4.61. The molecule has 1 heterocycles. The van der Waals surface area contributed by atoms with Gasteiger partial charge >= 0.3 is 0 Å². The molecule has 0 N–H and O–H groups in total. The van der Waals surface area contributed by atoms with Crippen LogP contribution in [0.5, 0.6) is 0 Å². The minimum atomic E-state index is 0.340. The van der Waals surface area contributed by atoms with E-state index in [9.17, 15) is 0 Å². The Morgan fingerprint density at radius 1 is 0.913 bits per heavy atom. The summed E-state index contributed by atoms with van der Waals surface area (Å²) < 4.78 is 0. The first-order valence-corrected chi connectivity index (χ1v) is 8.08. The Morgan fingerprint density at radius 2 is 1.74 bits per heavy atom. The molecule has 112 valence electrons. The molecule has 0 radical (unpaired) electrons. The van der Waals surface area contributed by atoms with Crippen molar-refractivity contribution >= 4 is 10.9 Å². The van der Waals surface area contributed by atoms with Crippen molar-refractivity contribution in [3.05, 3.63) is 101 Å². The number of fused-ring (bicyclic) bond motifs is 1. The van der Waals surface area contributed by atoms with Crippen molar-refractivity contribution in [3.8, 4) is 0 Å². The van der Waals surface area contributed by atoms with Gasteiger partial charge in [0.1, 0.15) is 0 Å². The Balaban J connectivity index is 1.72. The lowest BCUT2D eigenvalue weighted by Crippen LogP contribution is -1.98. The summed E-state index contributed by atoms with van der Waals surface area (Å²) in [5.74, 6) is 0.340. The van der Waals surface area contributed by atoms with Gasteiger partial charge in [-0.05, 0) is 36.1 Å². The topological polar surface area (TPSA) is 12.9 Å².